The van der Waals surface area contributed by atoms with Gasteiger partial charge in [0.2, 0.25) is 5.91 Å². The van der Waals surface area contributed by atoms with Gasteiger partial charge in [0, 0.05) is 20.6 Å². The zero-order chi connectivity index (χ0) is 17.4. The molecule has 0 radical (unpaired) electrons. The summed E-state index contributed by atoms with van der Waals surface area (Å²) in [6.45, 7) is 2.34. The first kappa shape index (κ1) is 16.1. The standard InChI is InChI=1S/C16H21N5O3/c1-11-14(22)18(2)10-13-20(11)16(24)19(3)21(13)15(23)17-9-12-7-5-4-6-8-12/h4-8,11,13H,9-10H2,1-3H3,(H,17,23). The van der Waals surface area contributed by atoms with Gasteiger partial charge in [-0.05, 0) is 12.5 Å². The average molecular weight is 331 g/mol. The number of nitrogens with one attached hydrogen (secondary N) is 1. The molecule has 2 aliphatic heterocycles. The Labute approximate surface area is 140 Å². The number of benzene rings is 1. The van der Waals surface area contributed by atoms with E-state index in [1.807, 2.05) is 30.3 Å². The molecule has 3 rings (SSSR count). The fourth-order valence-electron chi connectivity index (χ4n) is 3.19. The van der Waals surface area contributed by atoms with Gasteiger partial charge in [0.1, 0.15) is 12.2 Å². The fourth-order valence-corrected chi connectivity index (χ4v) is 3.19. The molecule has 2 atom stereocenters. The van der Waals surface area contributed by atoms with E-state index in [1.165, 1.54) is 14.9 Å². The highest BCUT2D eigenvalue weighted by atomic mass is 16.2. The van der Waals surface area contributed by atoms with Gasteiger partial charge in [-0.3, -0.25) is 9.69 Å². The number of amides is 5. The molecular weight excluding hydrogens is 310 g/mol. The largest absolute Gasteiger partial charge is 0.341 e. The Hall–Kier alpha value is -2.77. The molecule has 2 fully saturated rings. The number of carbonyl (C=O) groups is 3. The van der Waals surface area contributed by atoms with Crippen molar-refractivity contribution < 1.29 is 14.4 Å². The molecule has 1 aromatic carbocycles. The molecule has 8 heteroatoms. The molecule has 0 aromatic heterocycles. The number of fused-ring (bicyclic) bond motifs is 1. The second-order valence-electron chi connectivity index (χ2n) is 6.08. The maximum atomic E-state index is 12.6. The van der Waals surface area contributed by atoms with Gasteiger partial charge >= 0.3 is 12.1 Å². The molecular formula is C16H21N5O3. The molecule has 0 spiro atoms. The Morgan fingerprint density at radius 3 is 2.54 bits per heavy atom. The van der Waals surface area contributed by atoms with Gasteiger partial charge < -0.3 is 10.2 Å². The summed E-state index contributed by atoms with van der Waals surface area (Å²) >= 11 is 0. The van der Waals surface area contributed by atoms with Crippen LogP contribution in [0.15, 0.2) is 30.3 Å². The van der Waals surface area contributed by atoms with Gasteiger partial charge in [-0.15, -0.1) is 0 Å². The van der Waals surface area contributed by atoms with Crippen molar-refractivity contribution in [2.24, 2.45) is 0 Å². The van der Waals surface area contributed by atoms with Gasteiger partial charge in [0.25, 0.3) is 0 Å². The number of hydrogen-bond acceptors (Lipinski definition) is 3. The van der Waals surface area contributed by atoms with Crippen LogP contribution in [-0.2, 0) is 11.3 Å². The molecule has 24 heavy (non-hydrogen) atoms. The lowest BCUT2D eigenvalue weighted by Gasteiger charge is -2.40. The summed E-state index contributed by atoms with van der Waals surface area (Å²) in [4.78, 5) is 40.2. The van der Waals surface area contributed by atoms with Crippen LogP contribution in [0.2, 0.25) is 0 Å². The summed E-state index contributed by atoms with van der Waals surface area (Å²) in [6, 6.07) is 8.25. The number of rotatable bonds is 2. The van der Waals surface area contributed by atoms with Crippen LogP contribution in [0, 0.1) is 0 Å². The third-order valence-corrected chi connectivity index (χ3v) is 4.51. The number of hydrazine groups is 1. The lowest BCUT2D eigenvalue weighted by Crippen LogP contribution is -2.62. The van der Waals surface area contributed by atoms with Gasteiger partial charge in [0.05, 0.1) is 6.54 Å². The second kappa shape index (κ2) is 6.03. The molecule has 1 aromatic rings. The van der Waals surface area contributed by atoms with E-state index in [9.17, 15) is 14.4 Å². The van der Waals surface area contributed by atoms with Crippen LogP contribution < -0.4 is 5.32 Å². The first-order valence-corrected chi connectivity index (χ1v) is 7.83. The Morgan fingerprint density at radius 2 is 1.88 bits per heavy atom. The van der Waals surface area contributed by atoms with E-state index in [-0.39, 0.29) is 24.5 Å². The van der Waals surface area contributed by atoms with Crippen LogP contribution in [0.3, 0.4) is 0 Å². The quantitative estimate of drug-likeness (QED) is 0.865. The monoisotopic (exact) mass is 331 g/mol. The van der Waals surface area contributed by atoms with Crippen molar-refractivity contribution in [2.75, 3.05) is 20.6 Å². The van der Waals surface area contributed by atoms with Gasteiger partial charge in [-0.1, -0.05) is 30.3 Å². The normalized spacial score (nSPS) is 23.6. The first-order valence-electron chi connectivity index (χ1n) is 7.83. The van der Waals surface area contributed by atoms with Crippen molar-refractivity contribution in [1.29, 1.82) is 0 Å². The highest BCUT2D eigenvalue weighted by Crippen LogP contribution is 2.28. The topological polar surface area (TPSA) is 76.2 Å². The number of hydrogen-bond donors (Lipinski definition) is 1. The van der Waals surface area contributed by atoms with Gasteiger partial charge in [-0.25, -0.2) is 19.6 Å². The average Bonchev–Trinajstić information content (AvgIpc) is 2.82. The van der Waals surface area contributed by atoms with Crippen molar-refractivity contribution >= 4 is 18.0 Å². The molecule has 5 amide bonds. The minimum atomic E-state index is -0.587. The molecule has 0 bridgehead atoms. The molecule has 2 saturated heterocycles. The Kier molecular flexibility index (Phi) is 4.04. The zero-order valence-corrected chi connectivity index (χ0v) is 14.0. The van der Waals surface area contributed by atoms with Crippen molar-refractivity contribution in [2.45, 2.75) is 25.7 Å². The molecule has 8 nitrogen and oxygen atoms in total. The summed E-state index contributed by atoms with van der Waals surface area (Å²) in [5.74, 6) is -0.125. The molecule has 2 heterocycles. The SMILES string of the molecule is CC1C(=O)N(C)CC2N1C(=O)N(C)N2C(=O)NCc1ccccc1. The minimum absolute atomic E-state index is 0.125. The molecule has 0 saturated carbocycles. The van der Waals surface area contributed by atoms with E-state index in [0.717, 1.165) is 5.56 Å². The molecule has 2 aliphatic rings. The van der Waals surface area contributed by atoms with Crippen molar-refractivity contribution in [3.63, 3.8) is 0 Å². The van der Waals surface area contributed by atoms with Crippen LogP contribution in [0.1, 0.15) is 12.5 Å². The summed E-state index contributed by atoms with van der Waals surface area (Å²) in [5.41, 5.74) is 0.972. The van der Waals surface area contributed by atoms with E-state index in [2.05, 4.69) is 5.32 Å². The first-order chi connectivity index (χ1) is 11.4. The maximum Gasteiger partial charge on any atom is 0.341 e. The predicted octanol–water partition coefficient (Wildman–Crippen LogP) is 0.667. The summed E-state index contributed by atoms with van der Waals surface area (Å²) in [5, 5.41) is 5.48. The van der Waals surface area contributed by atoms with Gasteiger partial charge in [-0.2, -0.15) is 0 Å². The van der Waals surface area contributed by atoms with Crippen LogP contribution in [0.4, 0.5) is 9.59 Å². The number of piperazine rings is 1. The molecule has 1 N–H and O–H groups in total. The lowest BCUT2D eigenvalue weighted by molar-refractivity contribution is -0.141. The number of urea groups is 2. The maximum absolute atomic E-state index is 12.6. The van der Waals surface area contributed by atoms with E-state index in [0.29, 0.717) is 6.54 Å². The van der Waals surface area contributed by atoms with Crippen molar-refractivity contribution in [3.05, 3.63) is 35.9 Å². The third kappa shape index (κ3) is 2.53. The number of carbonyl (C=O) groups excluding carboxylic acids is 3. The smallest absolute Gasteiger partial charge is 0.340 e. The Bertz CT molecular complexity index is 665. The summed E-state index contributed by atoms with van der Waals surface area (Å²) in [6.07, 6.45) is -0.490. The Balaban J connectivity index is 1.76. The van der Waals surface area contributed by atoms with Crippen molar-refractivity contribution in [3.8, 4) is 0 Å². The van der Waals surface area contributed by atoms with Gasteiger partial charge in [0.15, 0.2) is 0 Å². The van der Waals surface area contributed by atoms with E-state index < -0.39 is 12.2 Å². The van der Waals surface area contributed by atoms with Crippen LogP contribution in [0.25, 0.3) is 0 Å². The number of likely N-dealkylation sites (N-methyl/N-ethyl adjacent to an activating group) is 1. The van der Waals surface area contributed by atoms with Crippen LogP contribution >= 0.6 is 0 Å². The number of nitrogens with zero attached hydrogens (tertiary/aromatic N) is 4. The minimum Gasteiger partial charge on any atom is -0.340 e. The summed E-state index contributed by atoms with van der Waals surface area (Å²) in [7, 11) is 3.22. The lowest BCUT2D eigenvalue weighted by atomic mass is 10.1. The van der Waals surface area contributed by atoms with E-state index in [1.54, 1.807) is 25.9 Å². The van der Waals surface area contributed by atoms with Crippen LogP contribution in [-0.4, -0.2) is 70.6 Å². The van der Waals surface area contributed by atoms with Crippen molar-refractivity contribution in [1.82, 2.24) is 25.1 Å². The van der Waals surface area contributed by atoms with E-state index >= 15 is 0 Å². The Morgan fingerprint density at radius 1 is 1.21 bits per heavy atom. The molecule has 2 unspecified atom stereocenters. The second-order valence-corrected chi connectivity index (χ2v) is 6.08. The predicted molar refractivity (Wildman–Crippen MR) is 86.4 cm³/mol. The van der Waals surface area contributed by atoms with E-state index in [4.69, 9.17) is 0 Å². The fraction of sp³-hybridized carbons (Fsp3) is 0.438. The third-order valence-electron chi connectivity index (χ3n) is 4.51. The highest BCUT2D eigenvalue weighted by Gasteiger charge is 2.52. The molecule has 128 valence electrons. The summed E-state index contributed by atoms with van der Waals surface area (Å²) < 4.78 is 0. The van der Waals surface area contributed by atoms with Crippen LogP contribution in [0.5, 0.6) is 0 Å². The zero-order valence-electron chi connectivity index (χ0n) is 14.0. The molecule has 0 aliphatic carbocycles. The highest BCUT2D eigenvalue weighted by molar-refractivity contribution is 5.91.